The van der Waals surface area contributed by atoms with Gasteiger partial charge in [-0.1, -0.05) is 96.8 Å². The lowest BCUT2D eigenvalue weighted by Crippen LogP contribution is -2.33. The van der Waals surface area contributed by atoms with Crippen molar-refractivity contribution in [2.45, 2.75) is 204 Å². The van der Waals surface area contributed by atoms with Crippen LogP contribution in [0.25, 0.3) is 0 Å². The molecule has 2 fully saturated rings. The molecule has 0 aliphatic carbocycles. The van der Waals surface area contributed by atoms with Crippen LogP contribution in [0.5, 0.6) is 0 Å². The normalized spacial score (nSPS) is 28.2. The molecule has 3 aliphatic heterocycles. The Hall–Kier alpha value is -0.990. The molecule has 7 heteroatoms. The highest BCUT2D eigenvalue weighted by Crippen LogP contribution is 2.34. The van der Waals surface area contributed by atoms with Gasteiger partial charge >= 0.3 is 5.97 Å². The van der Waals surface area contributed by atoms with Gasteiger partial charge in [-0.05, 0) is 57.9 Å². The molecule has 0 saturated carbocycles. The number of cyclic esters (lactones) is 1. The SMILES string of the molecule is CCCCCCCCCC[C@@H](O)[C@@H]1CC[C@@H]([C@@H]2CC[C@@H]([C@@H](O)CCCCCCCC[C@@H](O)CC3=C[C@H](C)OC3=O)O2)O1. The lowest BCUT2D eigenvalue weighted by Gasteiger charge is -2.24. The van der Waals surface area contributed by atoms with Gasteiger partial charge in [0, 0.05) is 12.0 Å². The van der Waals surface area contributed by atoms with Gasteiger partial charge < -0.3 is 29.5 Å². The van der Waals surface area contributed by atoms with Crippen molar-refractivity contribution < 1.29 is 34.3 Å². The van der Waals surface area contributed by atoms with E-state index in [-0.39, 0.29) is 42.6 Å². The van der Waals surface area contributed by atoms with E-state index in [0.717, 1.165) is 83.5 Å². The van der Waals surface area contributed by atoms with E-state index < -0.39 is 12.2 Å². The molecule has 42 heavy (non-hydrogen) atoms. The van der Waals surface area contributed by atoms with Gasteiger partial charge in [-0.2, -0.15) is 0 Å². The molecular formula is C35H62O7. The Balaban J connectivity index is 1.16. The highest BCUT2D eigenvalue weighted by Gasteiger charge is 2.40. The minimum atomic E-state index is -0.482. The number of unbranched alkanes of at least 4 members (excludes halogenated alkanes) is 12. The van der Waals surface area contributed by atoms with E-state index in [1.807, 2.05) is 6.92 Å². The molecule has 0 aromatic rings. The second-order valence-electron chi connectivity index (χ2n) is 13.3. The summed E-state index contributed by atoms with van der Waals surface area (Å²) in [5.41, 5.74) is 0.606. The van der Waals surface area contributed by atoms with Crippen molar-refractivity contribution in [3.8, 4) is 0 Å². The molecule has 244 valence electrons. The number of carbonyl (C=O) groups is 1. The fraction of sp³-hybridized carbons (Fsp3) is 0.914. The average molecular weight is 595 g/mol. The molecule has 7 nitrogen and oxygen atoms in total. The van der Waals surface area contributed by atoms with Crippen LogP contribution >= 0.6 is 0 Å². The molecule has 8 atom stereocenters. The van der Waals surface area contributed by atoms with Crippen molar-refractivity contribution in [2.75, 3.05) is 0 Å². The van der Waals surface area contributed by atoms with E-state index in [1.54, 1.807) is 6.08 Å². The highest BCUT2D eigenvalue weighted by atomic mass is 16.6. The van der Waals surface area contributed by atoms with E-state index >= 15 is 0 Å². The minimum absolute atomic E-state index is 0.0410. The molecule has 0 radical (unpaired) electrons. The van der Waals surface area contributed by atoms with Gasteiger partial charge in [0.15, 0.2) is 0 Å². The molecule has 0 bridgehead atoms. The Labute approximate surface area is 255 Å². The summed E-state index contributed by atoms with van der Waals surface area (Å²) < 4.78 is 17.6. The maximum atomic E-state index is 11.7. The maximum absolute atomic E-state index is 11.7. The fourth-order valence-electron chi connectivity index (χ4n) is 6.93. The predicted molar refractivity (Wildman–Crippen MR) is 166 cm³/mol. The second-order valence-corrected chi connectivity index (χ2v) is 13.3. The molecule has 3 N–H and O–H groups in total. The van der Waals surface area contributed by atoms with Gasteiger partial charge in [-0.15, -0.1) is 0 Å². The van der Waals surface area contributed by atoms with Crippen LogP contribution in [0, 0.1) is 0 Å². The molecule has 0 aromatic carbocycles. The first-order valence-corrected chi connectivity index (χ1v) is 17.6. The smallest absolute Gasteiger partial charge is 0.334 e. The van der Waals surface area contributed by atoms with E-state index in [2.05, 4.69) is 6.92 Å². The number of esters is 1. The van der Waals surface area contributed by atoms with Gasteiger partial charge in [0.05, 0.1) is 42.7 Å². The number of hydrogen-bond acceptors (Lipinski definition) is 7. The van der Waals surface area contributed by atoms with Crippen LogP contribution in [-0.4, -0.2) is 70.1 Å². The highest BCUT2D eigenvalue weighted by molar-refractivity contribution is 5.90. The lowest BCUT2D eigenvalue weighted by molar-refractivity contribution is -0.139. The quantitative estimate of drug-likeness (QED) is 0.0858. The Morgan fingerprint density at radius 1 is 0.690 bits per heavy atom. The van der Waals surface area contributed by atoms with E-state index in [1.165, 1.54) is 44.9 Å². The number of aliphatic hydroxyl groups is 3. The first-order chi connectivity index (χ1) is 20.4. The Bertz CT molecular complexity index is 770. The second kappa shape index (κ2) is 20.1. The third-order valence-electron chi connectivity index (χ3n) is 9.53. The lowest BCUT2D eigenvalue weighted by atomic mass is 10.00. The number of hydrogen-bond donors (Lipinski definition) is 3. The minimum Gasteiger partial charge on any atom is -0.455 e. The number of carbonyl (C=O) groups excluding carboxylic acids is 1. The maximum Gasteiger partial charge on any atom is 0.334 e. The predicted octanol–water partition coefficient (Wildman–Crippen LogP) is 7.08. The van der Waals surface area contributed by atoms with Gasteiger partial charge in [0.2, 0.25) is 0 Å². The number of aliphatic hydroxyl groups excluding tert-OH is 3. The summed E-state index contributed by atoms with van der Waals surface area (Å²) in [5, 5.41) is 31.6. The van der Waals surface area contributed by atoms with Crippen LogP contribution < -0.4 is 0 Å². The zero-order valence-corrected chi connectivity index (χ0v) is 26.7. The summed E-state index contributed by atoms with van der Waals surface area (Å²) in [5.74, 6) is -0.290. The van der Waals surface area contributed by atoms with Crippen LogP contribution in [0.3, 0.4) is 0 Å². The summed E-state index contributed by atoms with van der Waals surface area (Å²) >= 11 is 0. The molecule has 0 amide bonds. The Morgan fingerprint density at radius 2 is 1.14 bits per heavy atom. The standard InChI is InChI=1S/C35H62O7/c1-3-4-5-6-7-8-12-15-18-29(37)31-20-22-33(41-31)34-23-21-32(42-34)30(38)19-16-13-10-9-11-14-17-28(36)25-27-24-26(2)40-35(27)39/h24,26,28-34,36-38H,3-23,25H2,1-2H3/t26-,28+,29+,30-,31-,32-,33-,34-/m0/s1. The Morgan fingerprint density at radius 3 is 1.60 bits per heavy atom. The third-order valence-corrected chi connectivity index (χ3v) is 9.53. The fourth-order valence-corrected chi connectivity index (χ4v) is 6.93. The van der Waals surface area contributed by atoms with Crippen molar-refractivity contribution >= 4 is 5.97 Å². The first kappa shape index (κ1) is 35.5. The summed E-state index contributed by atoms with van der Waals surface area (Å²) in [6.07, 6.45) is 23.2. The summed E-state index contributed by atoms with van der Waals surface area (Å²) in [4.78, 5) is 11.7. The largest absolute Gasteiger partial charge is 0.455 e. The number of rotatable bonds is 23. The van der Waals surface area contributed by atoms with Crippen LogP contribution in [0.15, 0.2) is 11.6 Å². The number of ether oxygens (including phenoxy) is 3. The average Bonchev–Trinajstić information content (AvgIpc) is 3.72. The summed E-state index contributed by atoms with van der Waals surface area (Å²) in [6, 6.07) is 0. The van der Waals surface area contributed by atoms with Crippen molar-refractivity contribution in [3.05, 3.63) is 11.6 Å². The van der Waals surface area contributed by atoms with Gasteiger partial charge in [0.1, 0.15) is 6.10 Å². The van der Waals surface area contributed by atoms with Crippen molar-refractivity contribution in [2.24, 2.45) is 0 Å². The summed E-state index contributed by atoms with van der Waals surface area (Å²) in [7, 11) is 0. The van der Waals surface area contributed by atoms with Crippen LogP contribution in [0.2, 0.25) is 0 Å². The van der Waals surface area contributed by atoms with E-state index in [0.29, 0.717) is 18.4 Å². The molecule has 3 heterocycles. The zero-order chi connectivity index (χ0) is 30.2. The first-order valence-electron chi connectivity index (χ1n) is 17.6. The molecular weight excluding hydrogens is 532 g/mol. The van der Waals surface area contributed by atoms with Crippen molar-refractivity contribution in [1.29, 1.82) is 0 Å². The van der Waals surface area contributed by atoms with E-state index in [9.17, 15) is 20.1 Å². The molecule has 0 unspecified atom stereocenters. The van der Waals surface area contributed by atoms with E-state index in [4.69, 9.17) is 14.2 Å². The van der Waals surface area contributed by atoms with Gasteiger partial charge in [-0.25, -0.2) is 4.79 Å². The molecule has 3 rings (SSSR count). The monoisotopic (exact) mass is 594 g/mol. The van der Waals surface area contributed by atoms with Gasteiger partial charge in [-0.3, -0.25) is 0 Å². The van der Waals surface area contributed by atoms with Crippen LogP contribution in [-0.2, 0) is 19.0 Å². The molecule has 0 aromatic heterocycles. The van der Waals surface area contributed by atoms with Crippen molar-refractivity contribution in [3.63, 3.8) is 0 Å². The van der Waals surface area contributed by atoms with Gasteiger partial charge in [0.25, 0.3) is 0 Å². The molecule has 0 spiro atoms. The summed E-state index contributed by atoms with van der Waals surface area (Å²) in [6.45, 7) is 4.08. The zero-order valence-electron chi connectivity index (χ0n) is 26.7. The topological polar surface area (TPSA) is 105 Å². The van der Waals surface area contributed by atoms with Crippen LogP contribution in [0.1, 0.15) is 155 Å². The van der Waals surface area contributed by atoms with Crippen molar-refractivity contribution in [1.82, 2.24) is 0 Å². The molecule has 2 saturated heterocycles. The van der Waals surface area contributed by atoms with Crippen LogP contribution in [0.4, 0.5) is 0 Å². The molecule has 3 aliphatic rings. The third kappa shape index (κ3) is 12.9. The Kier molecular flexibility index (Phi) is 17.0.